The molecule has 366 valence electrons. The molecule has 29 nitrogen and oxygen atoms in total. The highest BCUT2D eigenvalue weighted by molar-refractivity contribution is 5.97. The Balaban J connectivity index is 1.44. The van der Waals surface area contributed by atoms with Crippen LogP contribution in [0.15, 0.2) is 35.3 Å². The molecule has 0 spiro atoms. The third-order valence-corrected chi connectivity index (χ3v) is 9.53. The number of rotatable bonds is 29. The lowest BCUT2D eigenvalue weighted by atomic mass is 10.1. The Bertz CT molecular complexity index is 2460. The van der Waals surface area contributed by atoms with Crippen LogP contribution >= 0.6 is 0 Å². The Labute approximate surface area is 381 Å². The van der Waals surface area contributed by atoms with E-state index in [-0.39, 0.29) is 29.2 Å². The topological polar surface area (TPSA) is 479 Å². The van der Waals surface area contributed by atoms with Crippen LogP contribution in [0.2, 0.25) is 0 Å². The summed E-state index contributed by atoms with van der Waals surface area (Å²) >= 11 is 0. The average molecular weight is 958 g/mol. The van der Waals surface area contributed by atoms with Gasteiger partial charge in [-0.15, -0.1) is 0 Å². The zero-order valence-electron chi connectivity index (χ0n) is 35.6. The molecule has 68 heavy (non-hydrogen) atoms. The van der Waals surface area contributed by atoms with Gasteiger partial charge >= 0.3 is 35.8 Å². The van der Waals surface area contributed by atoms with Crippen molar-refractivity contribution < 1.29 is 83.4 Å². The van der Waals surface area contributed by atoms with Crippen molar-refractivity contribution in [1.82, 2.24) is 46.5 Å². The SMILES string of the molecule is Nc1nc2ncc(CNc3ccc(C(=O)N[C@@H](CCC(=O)N[C@@H](CCC(=O)N[C@@H](CCC(=O)N[C@@H](CCC(=O)N[C@@H](CCC(=O)O)C(=O)O)C(=O)O)C(=O)O)C(=O)O)C(=O)O)cc3)nc2c(=O)[nH]1. The number of H-pyrrole nitrogens is 1. The lowest BCUT2D eigenvalue weighted by molar-refractivity contribution is -0.144. The molecule has 29 heteroatoms. The Morgan fingerprint density at radius 1 is 0.544 bits per heavy atom. The van der Waals surface area contributed by atoms with E-state index in [4.69, 9.17) is 15.9 Å². The monoisotopic (exact) mass is 957 g/mol. The van der Waals surface area contributed by atoms with Crippen LogP contribution < -0.4 is 43.2 Å². The van der Waals surface area contributed by atoms with Gasteiger partial charge in [0.2, 0.25) is 29.6 Å². The zero-order chi connectivity index (χ0) is 50.7. The van der Waals surface area contributed by atoms with Crippen LogP contribution in [-0.2, 0) is 54.5 Å². The first-order valence-corrected chi connectivity index (χ1v) is 20.2. The van der Waals surface area contributed by atoms with E-state index in [0.717, 1.165) is 0 Å². The molecule has 3 rings (SSSR count). The average Bonchev–Trinajstić information content (AvgIpc) is 3.26. The third kappa shape index (κ3) is 18.0. The molecule has 0 unspecified atom stereocenters. The van der Waals surface area contributed by atoms with Crippen LogP contribution in [0.1, 0.15) is 80.3 Å². The van der Waals surface area contributed by atoms with E-state index < -0.39 is 165 Å². The van der Waals surface area contributed by atoms with E-state index in [1.807, 2.05) is 5.32 Å². The van der Waals surface area contributed by atoms with Gasteiger partial charge < -0.3 is 68.3 Å². The number of aromatic amines is 1. The highest BCUT2D eigenvalue weighted by Crippen LogP contribution is 2.13. The lowest BCUT2D eigenvalue weighted by Gasteiger charge is -2.19. The summed E-state index contributed by atoms with van der Waals surface area (Å²) in [5, 5.41) is 69.9. The first-order chi connectivity index (χ1) is 32.0. The van der Waals surface area contributed by atoms with E-state index in [0.29, 0.717) is 11.4 Å². The smallest absolute Gasteiger partial charge is 0.326 e. The highest BCUT2D eigenvalue weighted by atomic mass is 16.4. The van der Waals surface area contributed by atoms with Crippen LogP contribution in [0.4, 0.5) is 11.6 Å². The van der Waals surface area contributed by atoms with Gasteiger partial charge in [0.1, 0.15) is 30.2 Å². The summed E-state index contributed by atoms with van der Waals surface area (Å²) in [5.41, 5.74) is 5.89. The van der Waals surface area contributed by atoms with Gasteiger partial charge in [0.25, 0.3) is 11.5 Å². The molecule has 1 aromatic carbocycles. The molecule has 5 atom stereocenters. The second-order valence-corrected chi connectivity index (χ2v) is 14.7. The maximum Gasteiger partial charge on any atom is 0.326 e. The normalized spacial score (nSPS) is 13.0. The molecule has 0 aliphatic carbocycles. The maximum absolute atomic E-state index is 12.9. The zero-order valence-corrected chi connectivity index (χ0v) is 35.6. The number of fused-ring (bicyclic) bond motifs is 1. The van der Waals surface area contributed by atoms with E-state index >= 15 is 0 Å². The predicted molar refractivity (Wildman–Crippen MR) is 227 cm³/mol. The molecule has 0 saturated heterocycles. The number of amides is 5. The summed E-state index contributed by atoms with van der Waals surface area (Å²) in [5.74, 6) is -14.1. The summed E-state index contributed by atoms with van der Waals surface area (Å²) < 4.78 is 0. The number of hydrogen-bond donors (Lipinski definition) is 14. The molecule has 0 fully saturated rings. The number of benzene rings is 1. The number of nitrogens with one attached hydrogen (secondary N) is 7. The molecule has 2 aromatic heterocycles. The summed E-state index contributed by atoms with van der Waals surface area (Å²) in [6.45, 7) is 0.114. The number of nitrogen functional groups attached to an aromatic ring is 1. The van der Waals surface area contributed by atoms with Gasteiger partial charge in [-0.25, -0.2) is 33.9 Å². The minimum absolute atomic E-state index is 0.0250. The number of anilines is 2. The van der Waals surface area contributed by atoms with Crippen LogP contribution in [0.5, 0.6) is 0 Å². The van der Waals surface area contributed by atoms with Crippen molar-refractivity contribution in [3.63, 3.8) is 0 Å². The van der Waals surface area contributed by atoms with Gasteiger partial charge in [0.15, 0.2) is 11.2 Å². The van der Waals surface area contributed by atoms with E-state index in [1.54, 1.807) is 0 Å². The lowest BCUT2D eigenvalue weighted by Crippen LogP contribution is -2.46. The third-order valence-electron chi connectivity index (χ3n) is 9.53. The van der Waals surface area contributed by atoms with Gasteiger partial charge in [-0.2, -0.15) is 4.98 Å². The van der Waals surface area contributed by atoms with Crippen LogP contribution in [-0.4, -0.2) is 146 Å². The highest BCUT2D eigenvalue weighted by Gasteiger charge is 2.28. The first-order valence-electron chi connectivity index (χ1n) is 20.2. The number of carbonyl (C=O) groups excluding carboxylic acids is 5. The van der Waals surface area contributed by atoms with E-state index in [2.05, 4.69) is 46.5 Å². The maximum atomic E-state index is 12.9. The van der Waals surface area contributed by atoms with Crippen molar-refractivity contribution in [3.05, 3.63) is 52.1 Å². The van der Waals surface area contributed by atoms with Crippen LogP contribution in [0.25, 0.3) is 11.2 Å². The molecule has 0 bridgehead atoms. The molecule has 2 heterocycles. The van der Waals surface area contributed by atoms with Crippen molar-refractivity contribution in [2.24, 2.45) is 0 Å². The van der Waals surface area contributed by atoms with Gasteiger partial charge in [0.05, 0.1) is 18.4 Å². The van der Waals surface area contributed by atoms with Crippen LogP contribution in [0.3, 0.4) is 0 Å². The number of carboxylic acid groups (broad SMARTS) is 6. The summed E-state index contributed by atoms with van der Waals surface area (Å²) in [6, 6.07) is -2.57. The van der Waals surface area contributed by atoms with Crippen molar-refractivity contribution in [1.29, 1.82) is 0 Å². The van der Waals surface area contributed by atoms with Crippen molar-refractivity contribution in [3.8, 4) is 0 Å². The summed E-state index contributed by atoms with van der Waals surface area (Å²) in [7, 11) is 0. The first kappa shape index (κ1) is 53.5. The molecule has 0 aliphatic rings. The van der Waals surface area contributed by atoms with E-state index in [1.165, 1.54) is 30.5 Å². The molecule has 15 N–H and O–H groups in total. The second kappa shape index (κ2) is 25.6. The standard InChI is InChI=1S/C39H47N11O18/c40-39-49-31-30(33(58)50-39)43-19(16-42-31)15-41-18-3-1-17(2-4-18)32(57)48-24(38(67)68)8-13-28(54)46-22(36(63)64)6-11-26(52)44-20(34(59)60)5-10-25(51)45-21(35(61)62)7-12-27(53)47-23(37(65)66)9-14-29(55)56/h1-4,16,20-24,41H,5-15H2,(H,44,52)(H,45,51)(H,46,54)(H,47,53)(H,48,57)(H,55,56)(H,59,60)(H,61,62)(H,63,64)(H,65,66)(H,67,68)(H3,40,42,49,50,58)/t20-,21-,22-,23-,24-/m0/s1. The Morgan fingerprint density at radius 2 is 0.926 bits per heavy atom. The Kier molecular flexibility index (Phi) is 20.2. The number of aliphatic carboxylic acids is 6. The van der Waals surface area contributed by atoms with Gasteiger partial charge in [-0.05, 0) is 56.4 Å². The molecular weight excluding hydrogens is 910 g/mol. The predicted octanol–water partition coefficient (Wildman–Crippen LogP) is -2.65. The van der Waals surface area contributed by atoms with Crippen molar-refractivity contribution in [2.75, 3.05) is 11.1 Å². The fourth-order valence-corrected chi connectivity index (χ4v) is 5.95. The Hall–Kier alpha value is -8.79. The minimum atomic E-state index is -1.73. The number of aromatic nitrogens is 4. The fourth-order valence-electron chi connectivity index (χ4n) is 5.95. The molecule has 0 radical (unpaired) electrons. The Morgan fingerprint density at radius 3 is 1.31 bits per heavy atom. The second-order valence-electron chi connectivity index (χ2n) is 14.7. The van der Waals surface area contributed by atoms with Crippen molar-refractivity contribution in [2.45, 2.75) is 101 Å². The van der Waals surface area contributed by atoms with Crippen molar-refractivity contribution >= 4 is 88.2 Å². The van der Waals surface area contributed by atoms with Gasteiger partial charge in [-0.1, -0.05) is 0 Å². The largest absolute Gasteiger partial charge is 0.481 e. The van der Waals surface area contributed by atoms with Crippen LogP contribution in [0, 0.1) is 0 Å². The number of carboxylic acids is 6. The number of nitrogens with zero attached hydrogens (tertiary/aromatic N) is 3. The van der Waals surface area contributed by atoms with E-state index in [9.17, 15) is 78.0 Å². The van der Waals surface area contributed by atoms with Gasteiger partial charge in [0, 0.05) is 43.4 Å². The summed E-state index contributed by atoms with van der Waals surface area (Å²) in [4.78, 5) is 159. The molecule has 5 amide bonds. The summed E-state index contributed by atoms with van der Waals surface area (Å²) in [6.07, 6.45) is -4.37. The molecular formula is C39H47N11O18. The number of nitrogens with two attached hydrogens (primary N) is 1. The minimum Gasteiger partial charge on any atom is -0.481 e. The number of hydrogen-bond acceptors (Lipinski definition) is 17. The number of carbonyl (C=O) groups is 11. The molecule has 0 saturated carbocycles. The molecule has 0 aliphatic heterocycles. The molecule has 3 aromatic rings. The van der Waals surface area contributed by atoms with Gasteiger partial charge in [-0.3, -0.25) is 38.5 Å². The quantitative estimate of drug-likeness (QED) is 0.0338. The fraction of sp³-hybridized carbons (Fsp3) is 0.410.